The molecule has 3 aromatic rings. The summed E-state index contributed by atoms with van der Waals surface area (Å²) < 4.78 is 13.0. The van der Waals surface area contributed by atoms with Gasteiger partial charge in [-0.2, -0.15) is 0 Å². The lowest BCUT2D eigenvalue weighted by atomic mass is 10.2. The average Bonchev–Trinajstić information content (AvgIpc) is 2.66. The Hall–Kier alpha value is -2.95. The predicted octanol–water partition coefficient (Wildman–Crippen LogP) is 4.64. The fourth-order valence-electron chi connectivity index (χ4n) is 2.70. The summed E-state index contributed by atoms with van der Waals surface area (Å²) in [5.74, 6) is 1.39. The topological polar surface area (TPSA) is 41.0 Å². The molecule has 0 fully saturated rings. The number of nitrogens with one attached hydrogen (secondary N) is 1. The molecule has 0 saturated carbocycles. The average molecular weight is 350 g/mol. The molecule has 3 rings (SSSR count). The van der Waals surface area contributed by atoms with Crippen LogP contribution in [-0.4, -0.2) is 16.0 Å². The van der Waals surface area contributed by atoms with E-state index in [1.165, 1.54) is 17.7 Å². The molecule has 0 radical (unpaired) electrons. The van der Waals surface area contributed by atoms with Crippen molar-refractivity contribution in [1.29, 1.82) is 0 Å². The fourth-order valence-corrected chi connectivity index (χ4v) is 2.70. The molecule has 0 aliphatic rings. The molecule has 1 heterocycles. The third kappa shape index (κ3) is 4.79. The Kier molecular flexibility index (Phi) is 5.79. The third-order valence-electron chi connectivity index (χ3n) is 4.15. The monoisotopic (exact) mass is 350 g/mol. The van der Waals surface area contributed by atoms with Crippen LogP contribution >= 0.6 is 0 Å². The van der Waals surface area contributed by atoms with Crippen LogP contribution in [0.5, 0.6) is 0 Å². The highest BCUT2D eigenvalue weighted by Crippen LogP contribution is 2.20. The molecule has 134 valence electrons. The molecule has 2 aromatic carbocycles. The number of aromatic nitrogens is 2. The van der Waals surface area contributed by atoms with E-state index < -0.39 is 0 Å². The zero-order valence-corrected chi connectivity index (χ0v) is 15.1. The van der Waals surface area contributed by atoms with E-state index in [9.17, 15) is 4.39 Å². The molecule has 0 unspecified atom stereocenters. The second kappa shape index (κ2) is 8.43. The van der Waals surface area contributed by atoms with E-state index in [2.05, 4.69) is 46.2 Å². The van der Waals surface area contributed by atoms with Gasteiger partial charge in [0.05, 0.1) is 0 Å². The molecule has 5 heteroatoms. The van der Waals surface area contributed by atoms with Gasteiger partial charge in [0.15, 0.2) is 0 Å². The molecule has 1 N–H and O–H groups in total. The minimum atomic E-state index is -0.230. The molecule has 0 aliphatic heterocycles. The van der Waals surface area contributed by atoms with E-state index in [1.807, 2.05) is 24.3 Å². The SMILES string of the molecule is CC(C)N(Cc1ccccc1)c1cc(NCc2ccc(F)cc2)ncn1. The van der Waals surface area contributed by atoms with Crippen molar-refractivity contribution in [2.24, 2.45) is 0 Å². The molecule has 0 amide bonds. The Balaban J connectivity index is 1.72. The molecular formula is C21H23FN4. The van der Waals surface area contributed by atoms with E-state index in [0.717, 1.165) is 23.7 Å². The number of rotatable bonds is 7. The maximum atomic E-state index is 13.0. The first-order valence-corrected chi connectivity index (χ1v) is 8.73. The summed E-state index contributed by atoms with van der Waals surface area (Å²) in [7, 11) is 0. The fraction of sp³-hybridized carbons (Fsp3) is 0.238. The van der Waals surface area contributed by atoms with Crippen LogP contribution in [0.2, 0.25) is 0 Å². The van der Waals surface area contributed by atoms with Gasteiger partial charge in [0, 0.05) is 25.2 Å². The van der Waals surface area contributed by atoms with Gasteiger partial charge >= 0.3 is 0 Å². The van der Waals surface area contributed by atoms with Crippen molar-refractivity contribution in [3.63, 3.8) is 0 Å². The van der Waals surface area contributed by atoms with Crippen molar-refractivity contribution in [1.82, 2.24) is 9.97 Å². The van der Waals surface area contributed by atoms with Crippen LogP contribution < -0.4 is 10.2 Å². The van der Waals surface area contributed by atoms with E-state index in [-0.39, 0.29) is 5.82 Å². The summed E-state index contributed by atoms with van der Waals surface area (Å²) in [5, 5.41) is 3.28. The summed E-state index contributed by atoms with van der Waals surface area (Å²) in [6.07, 6.45) is 1.57. The van der Waals surface area contributed by atoms with Crippen molar-refractivity contribution in [3.8, 4) is 0 Å². The first-order chi connectivity index (χ1) is 12.6. The molecule has 0 saturated heterocycles. The number of hydrogen-bond acceptors (Lipinski definition) is 4. The number of nitrogens with zero attached hydrogens (tertiary/aromatic N) is 3. The van der Waals surface area contributed by atoms with Crippen molar-refractivity contribution < 1.29 is 4.39 Å². The first-order valence-electron chi connectivity index (χ1n) is 8.73. The summed E-state index contributed by atoms with van der Waals surface area (Å²) in [5.41, 5.74) is 2.23. The molecule has 1 aromatic heterocycles. The summed E-state index contributed by atoms with van der Waals surface area (Å²) in [4.78, 5) is 11.0. The van der Waals surface area contributed by atoms with Gasteiger partial charge in [-0.1, -0.05) is 42.5 Å². The standard InChI is InChI=1S/C21H23FN4/c1-16(2)26(14-18-6-4-3-5-7-18)21-12-20(24-15-25-21)23-13-17-8-10-19(22)11-9-17/h3-12,15-16H,13-14H2,1-2H3,(H,23,24,25). The van der Waals surface area contributed by atoms with Gasteiger partial charge in [0.25, 0.3) is 0 Å². The number of hydrogen-bond donors (Lipinski definition) is 1. The van der Waals surface area contributed by atoms with Crippen molar-refractivity contribution >= 4 is 11.6 Å². The largest absolute Gasteiger partial charge is 0.366 e. The second-order valence-electron chi connectivity index (χ2n) is 6.45. The van der Waals surface area contributed by atoms with Gasteiger partial charge < -0.3 is 10.2 Å². The van der Waals surface area contributed by atoms with Crippen molar-refractivity contribution in [3.05, 3.63) is 83.9 Å². The van der Waals surface area contributed by atoms with Crippen LogP contribution in [-0.2, 0) is 13.1 Å². The summed E-state index contributed by atoms with van der Waals surface area (Å²) >= 11 is 0. The van der Waals surface area contributed by atoms with E-state index in [1.54, 1.807) is 18.5 Å². The van der Waals surface area contributed by atoms with E-state index in [0.29, 0.717) is 12.6 Å². The van der Waals surface area contributed by atoms with Crippen LogP contribution in [0.4, 0.5) is 16.0 Å². The van der Waals surface area contributed by atoms with Crippen molar-refractivity contribution in [2.75, 3.05) is 10.2 Å². The highest BCUT2D eigenvalue weighted by atomic mass is 19.1. The molecule has 0 spiro atoms. The maximum absolute atomic E-state index is 13.0. The molecule has 4 nitrogen and oxygen atoms in total. The highest BCUT2D eigenvalue weighted by Gasteiger charge is 2.13. The molecule has 0 atom stereocenters. The lowest BCUT2D eigenvalue weighted by Gasteiger charge is -2.28. The molecule has 26 heavy (non-hydrogen) atoms. The summed E-state index contributed by atoms with van der Waals surface area (Å²) in [6, 6.07) is 19.0. The van der Waals surface area contributed by atoms with Crippen LogP contribution in [0.15, 0.2) is 67.0 Å². The van der Waals surface area contributed by atoms with Gasteiger partial charge in [0.1, 0.15) is 23.8 Å². The Morgan fingerprint density at radius 1 is 0.962 bits per heavy atom. The van der Waals surface area contributed by atoms with Crippen LogP contribution in [0.1, 0.15) is 25.0 Å². The van der Waals surface area contributed by atoms with Gasteiger partial charge in [-0.25, -0.2) is 14.4 Å². The van der Waals surface area contributed by atoms with Gasteiger partial charge in [-0.3, -0.25) is 0 Å². The Bertz CT molecular complexity index is 819. The zero-order chi connectivity index (χ0) is 18.4. The quantitative estimate of drug-likeness (QED) is 0.674. The normalized spacial score (nSPS) is 10.8. The summed E-state index contributed by atoms with van der Waals surface area (Å²) in [6.45, 7) is 5.66. The first kappa shape index (κ1) is 17.9. The highest BCUT2D eigenvalue weighted by molar-refractivity contribution is 5.49. The third-order valence-corrected chi connectivity index (χ3v) is 4.15. The lowest BCUT2D eigenvalue weighted by molar-refractivity contribution is 0.627. The van der Waals surface area contributed by atoms with Crippen LogP contribution in [0.3, 0.4) is 0 Å². The smallest absolute Gasteiger partial charge is 0.134 e. The number of anilines is 2. The van der Waals surface area contributed by atoms with E-state index in [4.69, 9.17) is 0 Å². The minimum Gasteiger partial charge on any atom is -0.366 e. The minimum absolute atomic E-state index is 0.230. The zero-order valence-electron chi connectivity index (χ0n) is 15.1. The molecular weight excluding hydrogens is 327 g/mol. The lowest BCUT2D eigenvalue weighted by Crippen LogP contribution is -2.31. The van der Waals surface area contributed by atoms with Gasteiger partial charge in [0.2, 0.25) is 0 Å². The molecule has 0 aliphatic carbocycles. The Morgan fingerprint density at radius 2 is 1.69 bits per heavy atom. The maximum Gasteiger partial charge on any atom is 0.134 e. The Morgan fingerprint density at radius 3 is 2.38 bits per heavy atom. The van der Waals surface area contributed by atoms with Crippen LogP contribution in [0, 0.1) is 5.82 Å². The van der Waals surface area contributed by atoms with Crippen LogP contribution in [0.25, 0.3) is 0 Å². The second-order valence-corrected chi connectivity index (χ2v) is 6.45. The number of benzene rings is 2. The van der Waals surface area contributed by atoms with Gasteiger partial charge in [-0.15, -0.1) is 0 Å². The van der Waals surface area contributed by atoms with Crippen molar-refractivity contribution in [2.45, 2.75) is 33.0 Å². The van der Waals surface area contributed by atoms with Gasteiger partial charge in [-0.05, 0) is 37.1 Å². The van der Waals surface area contributed by atoms with E-state index >= 15 is 0 Å². The predicted molar refractivity (Wildman–Crippen MR) is 104 cm³/mol. The number of halogens is 1. The Labute approximate surface area is 153 Å². The molecule has 0 bridgehead atoms.